The Bertz CT molecular complexity index is 1230. The number of carbonyl (C=O) groups excluding carboxylic acids is 1. The van der Waals surface area contributed by atoms with E-state index in [1.54, 1.807) is 19.2 Å². The first kappa shape index (κ1) is 23.4. The maximum atomic E-state index is 14.9. The second kappa shape index (κ2) is 10.1. The van der Waals surface area contributed by atoms with Crippen molar-refractivity contribution in [3.05, 3.63) is 71.2 Å². The van der Waals surface area contributed by atoms with Crippen LogP contribution in [0.4, 0.5) is 10.2 Å². The van der Waals surface area contributed by atoms with E-state index < -0.39 is 5.95 Å². The first-order valence-electron chi connectivity index (χ1n) is 11.8. The third-order valence-corrected chi connectivity index (χ3v) is 6.77. The lowest BCUT2D eigenvalue weighted by Crippen LogP contribution is -2.41. The van der Waals surface area contributed by atoms with E-state index in [9.17, 15) is 9.18 Å². The Labute approximate surface area is 204 Å². The number of benzene rings is 2. The summed E-state index contributed by atoms with van der Waals surface area (Å²) in [5.41, 5.74) is 11.4. The summed E-state index contributed by atoms with van der Waals surface area (Å²) in [6.07, 6.45) is 0.740. The maximum absolute atomic E-state index is 14.9. The van der Waals surface area contributed by atoms with Gasteiger partial charge in [-0.05, 0) is 40.8 Å². The van der Waals surface area contributed by atoms with Crippen LogP contribution in [0.15, 0.2) is 48.5 Å². The molecule has 0 saturated carbocycles. The SMILES string of the molecule is COCCN1CCOCC1c1ccc(-c2cc(-c3ccc4c(c3)CCNC4=O)c(N)nc2F)cc1. The number of hydrogen-bond acceptors (Lipinski definition) is 6. The number of ether oxygens (including phenoxy) is 2. The van der Waals surface area contributed by atoms with Crippen molar-refractivity contribution in [2.24, 2.45) is 0 Å². The number of nitrogens with zero attached hydrogens (tertiary/aromatic N) is 2. The van der Waals surface area contributed by atoms with Crippen LogP contribution in [-0.4, -0.2) is 62.4 Å². The molecule has 3 N–H and O–H groups in total. The van der Waals surface area contributed by atoms with E-state index in [1.807, 2.05) is 36.4 Å². The Kier molecular flexibility index (Phi) is 6.77. The molecule has 0 radical (unpaired) electrons. The van der Waals surface area contributed by atoms with Gasteiger partial charge in [-0.15, -0.1) is 0 Å². The van der Waals surface area contributed by atoms with E-state index in [1.165, 1.54) is 0 Å². The third-order valence-electron chi connectivity index (χ3n) is 6.77. The number of pyridine rings is 1. The summed E-state index contributed by atoms with van der Waals surface area (Å²) >= 11 is 0. The Morgan fingerprint density at radius 2 is 1.94 bits per heavy atom. The Hall–Kier alpha value is -3.33. The van der Waals surface area contributed by atoms with Gasteiger partial charge >= 0.3 is 0 Å². The van der Waals surface area contributed by atoms with Gasteiger partial charge in [0.2, 0.25) is 5.95 Å². The number of amides is 1. The summed E-state index contributed by atoms with van der Waals surface area (Å²) in [5, 5.41) is 2.85. The average molecular weight is 477 g/mol. The van der Waals surface area contributed by atoms with Crippen LogP contribution in [0.1, 0.15) is 27.5 Å². The standard InChI is InChI=1S/C27H29FN4O3/c1-34-12-10-32-11-13-35-16-24(32)18-4-2-17(3-5-18)22-15-23(26(29)31-25(22)28)19-6-7-21-20(14-19)8-9-30-27(21)33/h2-7,14-15,24H,8-13,16H2,1H3,(H2,29,31)(H,30,33). The van der Waals surface area contributed by atoms with Crippen LogP contribution in [0.3, 0.4) is 0 Å². The summed E-state index contributed by atoms with van der Waals surface area (Å²) in [6.45, 7) is 4.25. The van der Waals surface area contributed by atoms with Gasteiger partial charge in [0, 0.05) is 43.4 Å². The van der Waals surface area contributed by atoms with Crippen LogP contribution in [0.25, 0.3) is 22.3 Å². The molecule has 182 valence electrons. The zero-order chi connectivity index (χ0) is 24.4. The number of hydrogen-bond donors (Lipinski definition) is 2. The number of halogens is 1. The van der Waals surface area contributed by atoms with Crippen molar-refractivity contribution in [2.45, 2.75) is 12.5 Å². The number of anilines is 1. The second-order valence-corrected chi connectivity index (χ2v) is 8.88. The molecular formula is C27H29FN4O3. The molecule has 5 rings (SSSR count). The largest absolute Gasteiger partial charge is 0.383 e. The summed E-state index contributed by atoms with van der Waals surface area (Å²) in [4.78, 5) is 18.4. The molecule has 7 nitrogen and oxygen atoms in total. The topological polar surface area (TPSA) is 89.7 Å². The number of carbonyl (C=O) groups is 1. The number of nitrogen functional groups attached to an aromatic ring is 1. The number of aromatic nitrogens is 1. The fourth-order valence-corrected chi connectivity index (χ4v) is 4.84. The molecule has 3 heterocycles. The zero-order valence-corrected chi connectivity index (χ0v) is 19.7. The fourth-order valence-electron chi connectivity index (χ4n) is 4.84. The molecule has 8 heteroatoms. The van der Waals surface area contributed by atoms with Crippen LogP contribution >= 0.6 is 0 Å². The van der Waals surface area contributed by atoms with Gasteiger partial charge in [0.15, 0.2) is 0 Å². The van der Waals surface area contributed by atoms with E-state index in [2.05, 4.69) is 15.2 Å². The van der Waals surface area contributed by atoms with Crippen molar-refractivity contribution in [3.63, 3.8) is 0 Å². The minimum atomic E-state index is -0.612. The summed E-state index contributed by atoms with van der Waals surface area (Å²) < 4.78 is 25.9. The maximum Gasteiger partial charge on any atom is 0.251 e. The Balaban J connectivity index is 1.45. The van der Waals surface area contributed by atoms with Crippen LogP contribution in [0.5, 0.6) is 0 Å². The molecule has 1 saturated heterocycles. The molecular weight excluding hydrogens is 447 g/mol. The first-order chi connectivity index (χ1) is 17.0. The predicted molar refractivity (Wildman–Crippen MR) is 133 cm³/mol. The van der Waals surface area contributed by atoms with Gasteiger partial charge in [-0.3, -0.25) is 9.69 Å². The van der Waals surface area contributed by atoms with Gasteiger partial charge in [0.05, 0.1) is 25.9 Å². The molecule has 1 amide bonds. The number of nitrogens with two attached hydrogens (primary N) is 1. The average Bonchev–Trinajstić information content (AvgIpc) is 2.88. The zero-order valence-electron chi connectivity index (χ0n) is 19.7. The Morgan fingerprint density at radius 1 is 1.14 bits per heavy atom. The quantitative estimate of drug-likeness (QED) is 0.530. The minimum Gasteiger partial charge on any atom is -0.383 e. The van der Waals surface area contributed by atoms with Crippen molar-refractivity contribution < 1.29 is 18.7 Å². The minimum absolute atomic E-state index is 0.0760. The predicted octanol–water partition coefficient (Wildman–Crippen LogP) is 3.44. The highest BCUT2D eigenvalue weighted by atomic mass is 19.1. The molecule has 1 unspecified atom stereocenters. The number of fused-ring (bicyclic) bond motifs is 1. The van der Waals surface area contributed by atoms with Crippen LogP contribution < -0.4 is 11.1 Å². The van der Waals surface area contributed by atoms with Crippen molar-refractivity contribution in [1.82, 2.24) is 15.2 Å². The fraction of sp³-hybridized carbons (Fsp3) is 0.333. The van der Waals surface area contributed by atoms with Gasteiger partial charge in [-0.1, -0.05) is 36.4 Å². The van der Waals surface area contributed by atoms with Crippen LogP contribution in [-0.2, 0) is 15.9 Å². The molecule has 0 spiro atoms. The highest BCUT2D eigenvalue weighted by molar-refractivity contribution is 5.97. The van der Waals surface area contributed by atoms with Gasteiger partial charge in [0.25, 0.3) is 5.91 Å². The summed E-state index contributed by atoms with van der Waals surface area (Å²) in [7, 11) is 1.70. The highest BCUT2D eigenvalue weighted by Crippen LogP contribution is 2.34. The van der Waals surface area contributed by atoms with Gasteiger partial charge < -0.3 is 20.5 Å². The van der Waals surface area contributed by atoms with Crippen LogP contribution in [0, 0.1) is 5.95 Å². The molecule has 0 bridgehead atoms. The molecule has 2 aliphatic rings. The number of nitrogens with one attached hydrogen (secondary N) is 1. The first-order valence-corrected chi connectivity index (χ1v) is 11.8. The molecule has 1 atom stereocenters. The lowest BCUT2D eigenvalue weighted by molar-refractivity contribution is -0.0176. The lowest BCUT2D eigenvalue weighted by atomic mass is 9.93. The van der Waals surface area contributed by atoms with Crippen molar-refractivity contribution in [1.29, 1.82) is 0 Å². The summed E-state index contributed by atoms with van der Waals surface area (Å²) in [6, 6.07) is 15.3. The molecule has 1 aromatic heterocycles. The monoisotopic (exact) mass is 476 g/mol. The van der Waals surface area contributed by atoms with Crippen LogP contribution in [0.2, 0.25) is 0 Å². The molecule has 35 heavy (non-hydrogen) atoms. The van der Waals surface area contributed by atoms with Gasteiger partial charge in [0.1, 0.15) is 5.82 Å². The number of methoxy groups -OCH3 is 1. The highest BCUT2D eigenvalue weighted by Gasteiger charge is 2.24. The van der Waals surface area contributed by atoms with E-state index >= 15 is 0 Å². The van der Waals surface area contributed by atoms with Crippen molar-refractivity contribution in [2.75, 3.05) is 52.3 Å². The second-order valence-electron chi connectivity index (χ2n) is 8.88. The normalized spacial score (nSPS) is 18.2. The van der Waals surface area contributed by atoms with E-state index in [0.717, 1.165) is 41.8 Å². The smallest absolute Gasteiger partial charge is 0.251 e. The molecule has 2 aliphatic heterocycles. The van der Waals surface area contributed by atoms with Crippen molar-refractivity contribution in [3.8, 4) is 22.3 Å². The number of rotatable bonds is 6. The van der Waals surface area contributed by atoms with Gasteiger partial charge in [-0.2, -0.15) is 4.39 Å². The van der Waals surface area contributed by atoms with E-state index in [0.29, 0.717) is 43.1 Å². The lowest BCUT2D eigenvalue weighted by Gasteiger charge is -2.35. The van der Waals surface area contributed by atoms with Gasteiger partial charge in [-0.25, -0.2) is 4.98 Å². The summed E-state index contributed by atoms with van der Waals surface area (Å²) in [5.74, 6) is -0.566. The number of morpholine rings is 1. The van der Waals surface area contributed by atoms with E-state index in [-0.39, 0.29) is 17.8 Å². The van der Waals surface area contributed by atoms with E-state index in [4.69, 9.17) is 15.2 Å². The molecule has 3 aromatic rings. The molecule has 1 fully saturated rings. The molecule has 2 aromatic carbocycles. The molecule has 0 aliphatic carbocycles. The third kappa shape index (κ3) is 4.77. The Morgan fingerprint density at radius 3 is 2.74 bits per heavy atom. The van der Waals surface area contributed by atoms with Crippen molar-refractivity contribution >= 4 is 11.7 Å².